The first-order valence-electron chi connectivity index (χ1n) is 6.64. The number of carbonyl (C=O) groups excluding carboxylic acids is 2. The maximum atomic E-state index is 11.8. The fraction of sp³-hybridized carbons (Fsp3) is 0.857. The predicted octanol–water partition coefficient (Wildman–Crippen LogP) is 2.54. The Morgan fingerprint density at radius 3 is 1.84 bits per heavy atom. The summed E-state index contributed by atoms with van der Waals surface area (Å²) in [6.45, 7) is 8.02. The van der Waals surface area contributed by atoms with Crippen molar-refractivity contribution in [2.45, 2.75) is 40.2 Å². The summed E-state index contributed by atoms with van der Waals surface area (Å²) in [4.78, 5) is 25.0. The van der Waals surface area contributed by atoms with Gasteiger partial charge in [-0.05, 0) is 18.3 Å². The molecule has 0 N–H and O–H groups in total. The van der Waals surface area contributed by atoms with Crippen LogP contribution in [-0.2, 0) is 14.3 Å². The number of carbonyl (C=O) groups is 2. The van der Waals surface area contributed by atoms with E-state index in [1.54, 1.807) is 11.9 Å². The fourth-order valence-electron chi connectivity index (χ4n) is 2.21. The molecule has 0 heterocycles. The van der Waals surface area contributed by atoms with E-state index in [1.807, 2.05) is 27.7 Å². The third-order valence-electron chi connectivity index (χ3n) is 3.53. The molecule has 0 aromatic heterocycles. The van der Waals surface area contributed by atoms with Crippen molar-refractivity contribution in [2.24, 2.45) is 17.8 Å². The SMILES string of the molecule is COC(=O)C(CC(C(C)C)N(C)C(=O)OC)C(C)C. The monoisotopic (exact) mass is 273 g/mol. The van der Waals surface area contributed by atoms with Crippen molar-refractivity contribution in [2.75, 3.05) is 21.3 Å². The normalized spacial score (nSPS) is 14.2. The highest BCUT2D eigenvalue weighted by Crippen LogP contribution is 2.25. The second-order valence-corrected chi connectivity index (χ2v) is 5.50. The maximum absolute atomic E-state index is 11.8. The highest BCUT2D eigenvalue weighted by atomic mass is 16.5. The van der Waals surface area contributed by atoms with Gasteiger partial charge in [-0.15, -0.1) is 0 Å². The summed E-state index contributed by atoms with van der Waals surface area (Å²) in [5, 5.41) is 0. The van der Waals surface area contributed by atoms with Crippen molar-refractivity contribution >= 4 is 12.1 Å². The van der Waals surface area contributed by atoms with Crippen molar-refractivity contribution in [1.82, 2.24) is 4.90 Å². The van der Waals surface area contributed by atoms with E-state index in [0.29, 0.717) is 6.42 Å². The highest BCUT2D eigenvalue weighted by Gasteiger charge is 2.32. The Labute approximate surface area is 116 Å². The van der Waals surface area contributed by atoms with Gasteiger partial charge in [-0.2, -0.15) is 0 Å². The molecule has 0 spiro atoms. The fourth-order valence-corrected chi connectivity index (χ4v) is 2.21. The van der Waals surface area contributed by atoms with Crippen molar-refractivity contribution in [1.29, 1.82) is 0 Å². The number of amides is 1. The van der Waals surface area contributed by atoms with Crippen LogP contribution in [-0.4, -0.2) is 44.3 Å². The topological polar surface area (TPSA) is 55.8 Å². The molecule has 19 heavy (non-hydrogen) atoms. The van der Waals surface area contributed by atoms with E-state index in [0.717, 1.165) is 0 Å². The van der Waals surface area contributed by atoms with Crippen LogP contribution in [0.5, 0.6) is 0 Å². The van der Waals surface area contributed by atoms with Crippen LogP contribution in [0.1, 0.15) is 34.1 Å². The minimum Gasteiger partial charge on any atom is -0.469 e. The van der Waals surface area contributed by atoms with Gasteiger partial charge in [0.15, 0.2) is 0 Å². The lowest BCUT2D eigenvalue weighted by atomic mass is 9.85. The Balaban J connectivity index is 4.99. The van der Waals surface area contributed by atoms with Crippen molar-refractivity contribution in [3.63, 3.8) is 0 Å². The quantitative estimate of drug-likeness (QED) is 0.698. The number of methoxy groups -OCH3 is 2. The van der Waals surface area contributed by atoms with Crippen LogP contribution >= 0.6 is 0 Å². The molecule has 5 heteroatoms. The first-order valence-corrected chi connectivity index (χ1v) is 6.64. The number of esters is 1. The second-order valence-electron chi connectivity index (χ2n) is 5.50. The minimum atomic E-state index is -0.383. The lowest BCUT2D eigenvalue weighted by Crippen LogP contribution is -2.43. The summed E-state index contributed by atoms with van der Waals surface area (Å²) < 4.78 is 9.59. The van der Waals surface area contributed by atoms with Crippen molar-refractivity contribution < 1.29 is 19.1 Å². The van der Waals surface area contributed by atoms with E-state index < -0.39 is 0 Å². The molecule has 112 valence electrons. The Bertz CT molecular complexity index is 302. The number of hydrogen-bond acceptors (Lipinski definition) is 4. The van der Waals surface area contributed by atoms with Gasteiger partial charge in [-0.1, -0.05) is 27.7 Å². The molecule has 2 atom stereocenters. The maximum Gasteiger partial charge on any atom is 0.409 e. The van der Waals surface area contributed by atoms with Crippen LogP contribution < -0.4 is 0 Å². The average Bonchev–Trinajstić information content (AvgIpc) is 2.36. The molecule has 0 aliphatic heterocycles. The summed E-state index contributed by atoms with van der Waals surface area (Å²) in [5.74, 6) is -0.0434. The largest absolute Gasteiger partial charge is 0.469 e. The zero-order valence-electron chi connectivity index (χ0n) is 13.1. The van der Waals surface area contributed by atoms with E-state index in [4.69, 9.17) is 9.47 Å². The van der Waals surface area contributed by atoms with E-state index in [2.05, 4.69) is 0 Å². The van der Waals surface area contributed by atoms with Gasteiger partial charge in [0.2, 0.25) is 0 Å². The average molecular weight is 273 g/mol. The number of rotatable bonds is 6. The van der Waals surface area contributed by atoms with E-state index in [-0.39, 0.29) is 35.9 Å². The molecule has 0 aromatic rings. The lowest BCUT2D eigenvalue weighted by molar-refractivity contribution is -0.148. The van der Waals surface area contributed by atoms with Crippen LogP contribution in [0.15, 0.2) is 0 Å². The molecule has 0 radical (unpaired) electrons. The molecule has 0 aliphatic rings. The molecular weight excluding hydrogens is 246 g/mol. The minimum absolute atomic E-state index is 0.0565. The molecule has 0 saturated heterocycles. The molecule has 0 fully saturated rings. The number of hydrogen-bond donors (Lipinski definition) is 0. The van der Waals surface area contributed by atoms with E-state index in [9.17, 15) is 9.59 Å². The third-order valence-corrected chi connectivity index (χ3v) is 3.53. The molecule has 0 aromatic carbocycles. The van der Waals surface area contributed by atoms with Gasteiger partial charge in [0.25, 0.3) is 0 Å². The first-order chi connectivity index (χ1) is 8.76. The Kier molecular flexibility index (Phi) is 7.49. The summed E-state index contributed by atoms with van der Waals surface area (Å²) in [6, 6.07) is -0.0565. The number of nitrogens with zero attached hydrogens (tertiary/aromatic N) is 1. The van der Waals surface area contributed by atoms with Gasteiger partial charge in [0.1, 0.15) is 0 Å². The summed E-state index contributed by atoms with van der Waals surface area (Å²) in [5.41, 5.74) is 0. The van der Waals surface area contributed by atoms with Gasteiger partial charge in [0, 0.05) is 13.1 Å². The third kappa shape index (κ3) is 5.09. The highest BCUT2D eigenvalue weighted by molar-refractivity contribution is 5.73. The smallest absolute Gasteiger partial charge is 0.409 e. The molecule has 0 aliphatic carbocycles. The molecule has 0 saturated carbocycles. The van der Waals surface area contributed by atoms with Gasteiger partial charge >= 0.3 is 12.1 Å². The zero-order chi connectivity index (χ0) is 15.2. The Morgan fingerprint density at radius 1 is 1.00 bits per heavy atom. The van der Waals surface area contributed by atoms with E-state index >= 15 is 0 Å². The predicted molar refractivity (Wildman–Crippen MR) is 73.8 cm³/mol. The van der Waals surface area contributed by atoms with Gasteiger partial charge in [0.05, 0.1) is 20.1 Å². The Morgan fingerprint density at radius 2 is 1.53 bits per heavy atom. The Hall–Kier alpha value is -1.26. The van der Waals surface area contributed by atoms with Crippen molar-refractivity contribution in [3.05, 3.63) is 0 Å². The molecule has 0 bridgehead atoms. The molecule has 1 amide bonds. The second kappa shape index (κ2) is 8.02. The van der Waals surface area contributed by atoms with Crippen LogP contribution in [0.2, 0.25) is 0 Å². The zero-order valence-corrected chi connectivity index (χ0v) is 13.1. The summed E-state index contributed by atoms with van der Waals surface area (Å²) >= 11 is 0. The lowest BCUT2D eigenvalue weighted by Gasteiger charge is -2.33. The first kappa shape index (κ1) is 17.7. The van der Waals surface area contributed by atoms with Gasteiger partial charge in [-0.3, -0.25) is 4.79 Å². The van der Waals surface area contributed by atoms with Crippen LogP contribution in [0.25, 0.3) is 0 Å². The molecule has 0 rings (SSSR count). The van der Waals surface area contributed by atoms with E-state index in [1.165, 1.54) is 14.2 Å². The van der Waals surface area contributed by atoms with Crippen LogP contribution in [0.4, 0.5) is 4.79 Å². The molecular formula is C14H27NO4. The number of ether oxygens (including phenoxy) is 2. The van der Waals surface area contributed by atoms with Crippen LogP contribution in [0.3, 0.4) is 0 Å². The molecule has 2 unspecified atom stereocenters. The summed E-state index contributed by atoms with van der Waals surface area (Å²) in [6.07, 6.45) is 0.194. The van der Waals surface area contributed by atoms with Crippen LogP contribution in [0, 0.1) is 17.8 Å². The van der Waals surface area contributed by atoms with Gasteiger partial charge < -0.3 is 14.4 Å². The van der Waals surface area contributed by atoms with Gasteiger partial charge in [-0.25, -0.2) is 4.79 Å². The summed E-state index contributed by atoms with van der Waals surface area (Å²) in [7, 11) is 4.45. The van der Waals surface area contributed by atoms with Crippen molar-refractivity contribution in [3.8, 4) is 0 Å². The molecule has 5 nitrogen and oxygen atoms in total. The standard InChI is InChI=1S/C14H27NO4/c1-9(2)11(13(16)18-6)8-12(10(3)4)15(5)14(17)19-7/h9-12H,8H2,1-7H3.